The number of rotatable bonds is 5. The van der Waals surface area contributed by atoms with Crippen LogP contribution in [0.2, 0.25) is 0 Å². The quantitative estimate of drug-likeness (QED) is 0.456. The van der Waals surface area contributed by atoms with Gasteiger partial charge in [-0.2, -0.15) is 0 Å². The second kappa shape index (κ2) is 7.53. The monoisotopic (exact) mass is 423 g/mol. The highest BCUT2D eigenvalue weighted by Crippen LogP contribution is 2.32. The fourth-order valence-electron chi connectivity index (χ4n) is 3.11. The lowest BCUT2D eigenvalue weighted by Gasteiger charge is -2.14. The first-order chi connectivity index (χ1) is 14.4. The minimum Gasteiger partial charge on any atom is -0.495 e. The summed E-state index contributed by atoms with van der Waals surface area (Å²) >= 11 is 0. The molecule has 0 aliphatic carbocycles. The predicted molar refractivity (Wildman–Crippen MR) is 114 cm³/mol. The van der Waals surface area contributed by atoms with Gasteiger partial charge >= 0.3 is 5.69 Å². The van der Waals surface area contributed by atoms with Crippen LogP contribution in [0.25, 0.3) is 22.0 Å². The van der Waals surface area contributed by atoms with Crippen molar-refractivity contribution in [2.45, 2.75) is 4.90 Å². The molecule has 0 saturated heterocycles. The highest BCUT2D eigenvalue weighted by molar-refractivity contribution is 7.92. The first-order valence-corrected chi connectivity index (χ1v) is 10.4. The molecule has 0 unspecified atom stereocenters. The topological polar surface area (TPSA) is 121 Å². The molecule has 30 heavy (non-hydrogen) atoms. The molecule has 0 bridgehead atoms. The summed E-state index contributed by atoms with van der Waals surface area (Å²) in [6.45, 7) is 0. The average Bonchev–Trinajstić information content (AvgIpc) is 2.73. The lowest BCUT2D eigenvalue weighted by molar-refractivity contribution is 0.417. The van der Waals surface area contributed by atoms with Crippen LogP contribution in [0.1, 0.15) is 0 Å². The van der Waals surface area contributed by atoms with Crippen molar-refractivity contribution in [3.63, 3.8) is 0 Å². The highest BCUT2D eigenvalue weighted by Gasteiger charge is 2.18. The molecule has 8 nitrogen and oxygen atoms in total. The average molecular weight is 423 g/mol. The van der Waals surface area contributed by atoms with Gasteiger partial charge in [-0.25, -0.2) is 13.2 Å². The molecule has 1 aromatic heterocycles. The van der Waals surface area contributed by atoms with E-state index < -0.39 is 21.3 Å². The number of H-pyrrole nitrogens is 2. The first kappa shape index (κ1) is 19.5. The summed E-state index contributed by atoms with van der Waals surface area (Å²) in [6.07, 6.45) is 0. The largest absolute Gasteiger partial charge is 0.495 e. The summed E-state index contributed by atoms with van der Waals surface area (Å²) in [6, 6.07) is 18.6. The Morgan fingerprint density at radius 2 is 1.63 bits per heavy atom. The summed E-state index contributed by atoms with van der Waals surface area (Å²) in [7, 11) is -2.59. The van der Waals surface area contributed by atoms with Crippen LogP contribution in [0, 0.1) is 0 Å². The molecule has 1 heterocycles. The number of hydrogen-bond acceptors (Lipinski definition) is 5. The molecule has 0 amide bonds. The van der Waals surface area contributed by atoms with E-state index >= 15 is 0 Å². The molecule has 0 saturated carbocycles. The van der Waals surface area contributed by atoms with Gasteiger partial charge in [-0.3, -0.25) is 14.5 Å². The van der Waals surface area contributed by atoms with Crippen molar-refractivity contribution in [2.75, 3.05) is 11.8 Å². The van der Waals surface area contributed by atoms with Gasteiger partial charge in [0.15, 0.2) is 0 Å². The van der Waals surface area contributed by atoms with Crippen LogP contribution in [0.4, 0.5) is 5.69 Å². The van der Waals surface area contributed by atoms with Crippen LogP contribution in [-0.4, -0.2) is 25.5 Å². The molecule has 3 N–H and O–H groups in total. The van der Waals surface area contributed by atoms with Crippen molar-refractivity contribution in [3.8, 4) is 16.9 Å². The Kier molecular flexibility index (Phi) is 4.88. The second-order valence-corrected chi connectivity index (χ2v) is 8.18. The zero-order valence-electron chi connectivity index (χ0n) is 15.8. The third-order valence-electron chi connectivity index (χ3n) is 4.57. The number of fused-ring (bicyclic) bond motifs is 1. The number of benzene rings is 3. The number of hydrogen-bond donors (Lipinski definition) is 3. The van der Waals surface area contributed by atoms with Crippen LogP contribution in [0.3, 0.4) is 0 Å². The molecule has 0 atom stereocenters. The number of nitrogens with one attached hydrogen (secondary N) is 3. The molecule has 0 aliphatic heterocycles. The molecule has 0 spiro atoms. The number of ether oxygens (including phenoxy) is 1. The van der Waals surface area contributed by atoms with Crippen LogP contribution < -0.4 is 20.7 Å². The Balaban J connectivity index is 1.77. The van der Waals surface area contributed by atoms with E-state index in [9.17, 15) is 18.0 Å². The minimum atomic E-state index is -4.04. The third kappa shape index (κ3) is 3.70. The third-order valence-corrected chi connectivity index (χ3v) is 5.94. The smallest absolute Gasteiger partial charge is 0.326 e. The maximum absolute atomic E-state index is 13.0. The molecular weight excluding hydrogens is 406 g/mol. The number of aromatic nitrogens is 2. The van der Waals surface area contributed by atoms with Gasteiger partial charge in [-0.15, -0.1) is 0 Å². The van der Waals surface area contributed by atoms with Gasteiger partial charge in [0.05, 0.1) is 28.6 Å². The summed E-state index contributed by atoms with van der Waals surface area (Å²) in [4.78, 5) is 27.8. The van der Waals surface area contributed by atoms with E-state index in [0.29, 0.717) is 5.75 Å². The highest BCUT2D eigenvalue weighted by atomic mass is 32.2. The van der Waals surface area contributed by atoms with Crippen molar-refractivity contribution in [3.05, 3.63) is 87.6 Å². The lowest BCUT2D eigenvalue weighted by Crippen LogP contribution is -2.22. The van der Waals surface area contributed by atoms with Gasteiger partial charge in [-0.1, -0.05) is 36.4 Å². The van der Waals surface area contributed by atoms with Crippen molar-refractivity contribution in [2.24, 2.45) is 0 Å². The Hall–Kier alpha value is -3.85. The summed E-state index contributed by atoms with van der Waals surface area (Å²) in [5.74, 6) is 0.348. The first-order valence-electron chi connectivity index (χ1n) is 8.90. The number of sulfonamides is 1. The van der Waals surface area contributed by atoms with Gasteiger partial charge < -0.3 is 9.72 Å². The van der Waals surface area contributed by atoms with Crippen LogP contribution in [0.5, 0.6) is 5.75 Å². The van der Waals surface area contributed by atoms with E-state index in [1.807, 2.05) is 36.4 Å². The van der Waals surface area contributed by atoms with Crippen molar-refractivity contribution in [1.29, 1.82) is 0 Å². The number of anilines is 1. The Morgan fingerprint density at radius 1 is 0.867 bits per heavy atom. The molecule has 3 aromatic carbocycles. The van der Waals surface area contributed by atoms with Crippen LogP contribution in [0.15, 0.2) is 81.2 Å². The lowest BCUT2D eigenvalue weighted by atomic mass is 10.1. The van der Waals surface area contributed by atoms with E-state index in [1.165, 1.54) is 25.3 Å². The van der Waals surface area contributed by atoms with Gasteiger partial charge in [0, 0.05) is 0 Å². The second-order valence-electron chi connectivity index (χ2n) is 6.50. The summed E-state index contributed by atoms with van der Waals surface area (Å²) in [5, 5.41) is 0.0578. The van der Waals surface area contributed by atoms with E-state index in [2.05, 4.69) is 14.7 Å². The summed E-state index contributed by atoms with van der Waals surface area (Å²) < 4.78 is 33.8. The van der Waals surface area contributed by atoms with E-state index in [-0.39, 0.29) is 21.5 Å². The Bertz CT molecular complexity index is 1460. The Labute approximate surface area is 171 Å². The zero-order valence-corrected chi connectivity index (χ0v) is 16.6. The normalized spacial score (nSPS) is 11.4. The van der Waals surface area contributed by atoms with Gasteiger partial charge in [0.1, 0.15) is 5.75 Å². The molecular formula is C21H17N3O5S. The molecule has 152 valence electrons. The number of aromatic amines is 2. The predicted octanol–water partition coefficient (Wildman–Crippen LogP) is 2.69. The molecule has 0 fully saturated rings. The molecule has 4 aromatic rings. The van der Waals surface area contributed by atoms with Gasteiger partial charge in [0.2, 0.25) is 0 Å². The van der Waals surface area contributed by atoms with Crippen LogP contribution >= 0.6 is 0 Å². The molecule has 0 radical (unpaired) electrons. The Morgan fingerprint density at radius 3 is 2.37 bits per heavy atom. The zero-order chi connectivity index (χ0) is 21.3. The van der Waals surface area contributed by atoms with Crippen molar-refractivity contribution >= 4 is 26.6 Å². The van der Waals surface area contributed by atoms with E-state index in [1.54, 1.807) is 12.1 Å². The minimum absolute atomic E-state index is 0.0578. The molecule has 9 heteroatoms. The summed E-state index contributed by atoms with van der Waals surface area (Å²) in [5.41, 5.74) is 0.891. The molecule has 0 aliphatic rings. The van der Waals surface area contributed by atoms with Gasteiger partial charge in [0.25, 0.3) is 15.6 Å². The van der Waals surface area contributed by atoms with Crippen molar-refractivity contribution < 1.29 is 13.2 Å². The maximum Gasteiger partial charge on any atom is 0.326 e. The number of methoxy groups -OCH3 is 1. The maximum atomic E-state index is 13.0. The van der Waals surface area contributed by atoms with Crippen molar-refractivity contribution in [1.82, 2.24) is 9.97 Å². The molecule has 4 rings (SSSR count). The van der Waals surface area contributed by atoms with Crippen LogP contribution in [-0.2, 0) is 10.0 Å². The fraction of sp³-hybridized carbons (Fsp3) is 0.0476. The van der Waals surface area contributed by atoms with Gasteiger partial charge in [-0.05, 0) is 41.5 Å². The SMILES string of the molecule is COc1ccc(-c2ccccc2)cc1NS(=O)(=O)c1ccc2[nH]c(=O)[nH]c(=O)c2c1. The van der Waals surface area contributed by atoms with E-state index in [4.69, 9.17) is 4.74 Å². The van der Waals surface area contributed by atoms with E-state index in [0.717, 1.165) is 11.1 Å². The fourth-order valence-corrected chi connectivity index (χ4v) is 4.20. The standard InChI is InChI=1S/C21H17N3O5S/c1-29-19-10-7-14(13-5-3-2-4-6-13)11-18(19)24-30(27,28)15-8-9-17-16(12-15)20(25)23-21(26)22-17/h2-12,24H,1H3,(H2,22,23,25,26).